The van der Waals surface area contributed by atoms with Gasteiger partial charge in [-0.15, -0.1) is 0 Å². The van der Waals surface area contributed by atoms with Gasteiger partial charge in [-0.3, -0.25) is 9.98 Å². The smallest absolute Gasteiger partial charge is 0.191 e. The third-order valence-corrected chi connectivity index (χ3v) is 4.51. The maximum Gasteiger partial charge on any atom is 0.191 e. The molecule has 5 heteroatoms. The van der Waals surface area contributed by atoms with Crippen molar-refractivity contribution in [2.45, 2.75) is 32.6 Å². The molecule has 0 radical (unpaired) electrons. The minimum atomic E-state index is 0.788. The van der Waals surface area contributed by atoms with Crippen molar-refractivity contribution in [3.63, 3.8) is 0 Å². The van der Waals surface area contributed by atoms with E-state index in [4.69, 9.17) is 4.74 Å². The fourth-order valence-electron chi connectivity index (χ4n) is 2.92. The fourth-order valence-corrected chi connectivity index (χ4v) is 2.92. The molecule has 0 amide bonds. The molecule has 2 aromatic rings. The quantitative estimate of drug-likeness (QED) is 0.391. The molecule has 1 aliphatic rings. The Morgan fingerprint density at radius 2 is 2.12 bits per heavy atom. The molecule has 140 valence electrons. The Bertz CT molecular complexity index is 707. The molecule has 1 saturated carbocycles. The Morgan fingerprint density at radius 3 is 2.96 bits per heavy atom. The molecule has 3 rings (SSSR count). The number of nitrogens with one attached hydrogen (secondary N) is 2. The number of ether oxygens (including phenoxy) is 1. The average molecular weight is 354 g/mol. The number of benzene rings is 1. The fraction of sp³-hybridized carbons (Fsp3) is 0.524. The molecule has 5 nitrogen and oxygen atoms in total. The predicted octanol–water partition coefficient (Wildman–Crippen LogP) is 3.15. The Labute approximate surface area is 156 Å². The molecule has 0 aliphatic heterocycles. The van der Waals surface area contributed by atoms with Crippen LogP contribution in [0.3, 0.4) is 0 Å². The monoisotopic (exact) mass is 354 g/mol. The van der Waals surface area contributed by atoms with Crippen LogP contribution < -0.4 is 10.6 Å². The van der Waals surface area contributed by atoms with Gasteiger partial charge in [0.25, 0.3) is 0 Å². The normalized spacial score (nSPS) is 14.6. The summed E-state index contributed by atoms with van der Waals surface area (Å²) < 4.78 is 5.66. The number of fused-ring (bicyclic) bond motifs is 1. The highest BCUT2D eigenvalue weighted by molar-refractivity contribution is 5.82. The molecular formula is C21H30N4O. The number of pyridine rings is 1. The van der Waals surface area contributed by atoms with E-state index in [1.165, 1.54) is 23.8 Å². The topological polar surface area (TPSA) is 58.5 Å². The van der Waals surface area contributed by atoms with Crippen LogP contribution in [0, 0.1) is 5.92 Å². The maximum atomic E-state index is 5.66. The second kappa shape index (κ2) is 10.1. The number of nitrogens with zero attached hydrogens (tertiary/aromatic N) is 2. The Kier molecular flexibility index (Phi) is 7.25. The van der Waals surface area contributed by atoms with E-state index in [1.54, 1.807) is 0 Å². The Hall–Kier alpha value is -2.14. The zero-order valence-electron chi connectivity index (χ0n) is 15.7. The van der Waals surface area contributed by atoms with Gasteiger partial charge in [-0.2, -0.15) is 0 Å². The lowest BCUT2D eigenvalue weighted by molar-refractivity contribution is 0.123. The van der Waals surface area contributed by atoms with Crippen molar-refractivity contribution < 1.29 is 4.74 Å². The van der Waals surface area contributed by atoms with Gasteiger partial charge in [0.15, 0.2) is 5.96 Å². The first-order valence-corrected chi connectivity index (χ1v) is 9.79. The van der Waals surface area contributed by atoms with Crippen molar-refractivity contribution in [3.05, 3.63) is 42.1 Å². The van der Waals surface area contributed by atoms with E-state index in [-0.39, 0.29) is 0 Å². The van der Waals surface area contributed by atoms with Crippen LogP contribution in [0.2, 0.25) is 0 Å². The number of guanidine groups is 1. The Balaban J connectivity index is 1.42. The van der Waals surface area contributed by atoms with E-state index in [0.717, 1.165) is 63.1 Å². The van der Waals surface area contributed by atoms with E-state index < -0.39 is 0 Å². The van der Waals surface area contributed by atoms with Crippen molar-refractivity contribution in [3.8, 4) is 0 Å². The van der Waals surface area contributed by atoms with Crippen LogP contribution in [0.5, 0.6) is 0 Å². The molecule has 2 N–H and O–H groups in total. The van der Waals surface area contributed by atoms with E-state index in [9.17, 15) is 0 Å². The lowest BCUT2D eigenvalue weighted by Crippen LogP contribution is -2.38. The summed E-state index contributed by atoms with van der Waals surface area (Å²) in [4.78, 5) is 9.16. The minimum absolute atomic E-state index is 0.788. The van der Waals surface area contributed by atoms with Crippen LogP contribution in [0.4, 0.5) is 0 Å². The highest BCUT2D eigenvalue weighted by atomic mass is 16.5. The lowest BCUT2D eigenvalue weighted by Gasteiger charge is -2.12. The maximum absolute atomic E-state index is 5.66. The lowest BCUT2D eigenvalue weighted by atomic mass is 10.1. The first-order valence-electron chi connectivity index (χ1n) is 9.79. The summed E-state index contributed by atoms with van der Waals surface area (Å²) in [6, 6.07) is 10.4. The van der Waals surface area contributed by atoms with Crippen LogP contribution in [-0.2, 0) is 11.2 Å². The summed E-state index contributed by atoms with van der Waals surface area (Å²) in [6.45, 7) is 6.31. The Morgan fingerprint density at radius 1 is 1.23 bits per heavy atom. The van der Waals surface area contributed by atoms with Gasteiger partial charge < -0.3 is 15.4 Å². The van der Waals surface area contributed by atoms with Crippen LogP contribution in [0.15, 0.2) is 41.5 Å². The predicted molar refractivity (Wildman–Crippen MR) is 108 cm³/mol. The second-order valence-electron chi connectivity index (χ2n) is 6.80. The molecule has 1 fully saturated rings. The van der Waals surface area contributed by atoms with Gasteiger partial charge in [-0.1, -0.05) is 24.3 Å². The van der Waals surface area contributed by atoms with Crippen LogP contribution in [0.1, 0.15) is 31.7 Å². The van der Waals surface area contributed by atoms with Crippen molar-refractivity contribution in [1.82, 2.24) is 15.6 Å². The van der Waals surface area contributed by atoms with E-state index in [2.05, 4.69) is 51.8 Å². The molecule has 0 atom stereocenters. The number of para-hydroxylation sites is 1. The average Bonchev–Trinajstić information content (AvgIpc) is 3.49. The highest BCUT2D eigenvalue weighted by Crippen LogP contribution is 2.28. The van der Waals surface area contributed by atoms with Gasteiger partial charge in [0, 0.05) is 44.4 Å². The highest BCUT2D eigenvalue weighted by Gasteiger charge is 2.20. The molecule has 1 aromatic carbocycles. The van der Waals surface area contributed by atoms with Gasteiger partial charge in [0.05, 0.1) is 5.52 Å². The van der Waals surface area contributed by atoms with Crippen LogP contribution in [0.25, 0.3) is 10.9 Å². The van der Waals surface area contributed by atoms with Crippen molar-refractivity contribution >= 4 is 16.9 Å². The first-order chi connectivity index (χ1) is 12.9. The molecule has 1 aliphatic carbocycles. The summed E-state index contributed by atoms with van der Waals surface area (Å²) >= 11 is 0. The molecule has 1 aromatic heterocycles. The summed E-state index contributed by atoms with van der Waals surface area (Å²) in [5, 5.41) is 7.92. The van der Waals surface area contributed by atoms with Gasteiger partial charge in [-0.25, -0.2) is 0 Å². The number of hydrogen-bond acceptors (Lipinski definition) is 3. The molecule has 0 unspecified atom stereocenters. The molecule has 0 saturated heterocycles. The molecule has 0 spiro atoms. The standard InChI is InChI=1S/C21H30N4O/c1-2-22-21(24-13-5-15-26-16-17-9-10-17)25-14-11-19-7-3-6-18-8-4-12-23-20(18)19/h3-4,6-8,12,17H,2,5,9-11,13-16H2,1H3,(H2,22,24,25). The number of aliphatic imine (C=N–C) groups is 1. The zero-order valence-corrected chi connectivity index (χ0v) is 15.7. The van der Waals surface area contributed by atoms with Gasteiger partial charge in [0.2, 0.25) is 0 Å². The minimum Gasteiger partial charge on any atom is -0.381 e. The zero-order chi connectivity index (χ0) is 18.0. The van der Waals surface area contributed by atoms with E-state index >= 15 is 0 Å². The van der Waals surface area contributed by atoms with Crippen molar-refractivity contribution in [2.75, 3.05) is 32.8 Å². The van der Waals surface area contributed by atoms with E-state index in [0.29, 0.717) is 0 Å². The second-order valence-corrected chi connectivity index (χ2v) is 6.80. The van der Waals surface area contributed by atoms with Crippen molar-refractivity contribution in [1.29, 1.82) is 0 Å². The van der Waals surface area contributed by atoms with Gasteiger partial charge in [0.1, 0.15) is 0 Å². The number of hydrogen-bond donors (Lipinski definition) is 2. The van der Waals surface area contributed by atoms with Crippen LogP contribution >= 0.6 is 0 Å². The molecule has 0 bridgehead atoms. The SMILES string of the molecule is CCNC(=NCCCOCC1CC1)NCCc1cccc2cccnc12. The third-order valence-electron chi connectivity index (χ3n) is 4.51. The van der Waals surface area contributed by atoms with Gasteiger partial charge in [-0.05, 0) is 50.2 Å². The summed E-state index contributed by atoms with van der Waals surface area (Å²) in [6.07, 6.45) is 6.44. The van der Waals surface area contributed by atoms with Crippen molar-refractivity contribution in [2.24, 2.45) is 10.9 Å². The summed E-state index contributed by atoms with van der Waals surface area (Å²) in [7, 11) is 0. The molecule has 26 heavy (non-hydrogen) atoms. The van der Waals surface area contributed by atoms with Crippen LogP contribution in [-0.4, -0.2) is 43.8 Å². The van der Waals surface area contributed by atoms with E-state index in [1.807, 2.05) is 12.3 Å². The largest absolute Gasteiger partial charge is 0.381 e. The summed E-state index contributed by atoms with van der Waals surface area (Å²) in [5.41, 5.74) is 2.35. The number of rotatable bonds is 10. The third kappa shape index (κ3) is 5.99. The number of aromatic nitrogens is 1. The molecule has 1 heterocycles. The molecular weight excluding hydrogens is 324 g/mol. The van der Waals surface area contributed by atoms with Gasteiger partial charge >= 0.3 is 0 Å². The first kappa shape index (κ1) is 18.6. The summed E-state index contributed by atoms with van der Waals surface area (Å²) in [5.74, 6) is 1.71.